The van der Waals surface area contributed by atoms with E-state index in [9.17, 15) is 9.59 Å². The van der Waals surface area contributed by atoms with Gasteiger partial charge in [0, 0.05) is 38.7 Å². The third kappa shape index (κ3) is 4.38. The Kier molecular flexibility index (Phi) is 6.13. The first-order valence-electron chi connectivity index (χ1n) is 10.7. The summed E-state index contributed by atoms with van der Waals surface area (Å²) < 4.78 is 5.58. The van der Waals surface area contributed by atoms with Crippen LogP contribution in [0.15, 0.2) is 48.8 Å². The maximum atomic E-state index is 13.6. The van der Waals surface area contributed by atoms with E-state index in [2.05, 4.69) is 29.2 Å². The van der Waals surface area contributed by atoms with Crippen LogP contribution in [0.1, 0.15) is 31.2 Å². The van der Waals surface area contributed by atoms with Crippen molar-refractivity contribution in [2.45, 2.75) is 32.1 Å². The molecule has 0 saturated carbocycles. The highest BCUT2D eigenvalue weighted by molar-refractivity contribution is 5.85. The minimum absolute atomic E-state index is 0.146. The summed E-state index contributed by atoms with van der Waals surface area (Å²) in [4.78, 5) is 31.4. The van der Waals surface area contributed by atoms with Gasteiger partial charge < -0.3 is 15.4 Å². The monoisotopic (exact) mass is 407 g/mol. The van der Waals surface area contributed by atoms with E-state index in [1.165, 1.54) is 0 Å². The molecule has 30 heavy (non-hydrogen) atoms. The molecule has 2 fully saturated rings. The molecule has 3 heterocycles. The number of hydrogen-bond donors (Lipinski definition) is 1. The van der Waals surface area contributed by atoms with E-state index < -0.39 is 5.41 Å². The number of rotatable bonds is 5. The molecule has 2 N–H and O–H groups in total. The lowest BCUT2D eigenvalue weighted by molar-refractivity contribution is -0.150. The van der Waals surface area contributed by atoms with Gasteiger partial charge in [-0.1, -0.05) is 30.3 Å². The smallest absolute Gasteiger partial charge is 0.229 e. The molecule has 2 amide bonds. The summed E-state index contributed by atoms with van der Waals surface area (Å²) in [5.41, 5.74) is 8.37. The predicted octanol–water partition coefficient (Wildman–Crippen LogP) is 2.81. The number of benzene rings is 1. The van der Waals surface area contributed by atoms with Crippen LogP contribution in [-0.2, 0) is 20.7 Å². The van der Waals surface area contributed by atoms with Crippen molar-refractivity contribution in [3.8, 4) is 11.1 Å². The quantitative estimate of drug-likeness (QED) is 0.826. The van der Waals surface area contributed by atoms with Gasteiger partial charge in [-0.2, -0.15) is 0 Å². The van der Waals surface area contributed by atoms with Crippen LogP contribution >= 0.6 is 0 Å². The fourth-order valence-corrected chi connectivity index (χ4v) is 4.70. The van der Waals surface area contributed by atoms with Gasteiger partial charge in [0.25, 0.3) is 0 Å². The van der Waals surface area contributed by atoms with Crippen LogP contribution in [0.25, 0.3) is 11.1 Å². The zero-order chi connectivity index (χ0) is 21.0. The fourth-order valence-electron chi connectivity index (χ4n) is 4.70. The lowest BCUT2D eigenvalue weighted by Gasteiger charge is -2.42. The first-order chi connectivity index (χ1) is 14.6. The van der Waals surface area contributed by atoms with Gasteiger partial charge in [-0.05, 0) is 54.9 Å². The molecule has 1 aromatic carbocycles. The van der Waals surface area contributed by atoms with E-state index >= 15 is 0 Å². The predicted molar refractivity (Wildman–Crippen MR) is 114 cm³/mol. The third-order valence-corrected chi connectivity index (χ3v) is 6.51. The molecule has 2 aliphatic heterocycles. The molecule has 1 atom stereocenters. The van der Waals surface area contributed by atoms with E-state index in [0.29, 0.717) is 45.6 Å². The van der Waals surface area contributed by atoms with Crippen molar-refractivity contribution < 1.29 is 14.3 Å². The zero-order valence-electron chi connectivity index (χ0n) is 17.3. The molecule has 158 valence electrons. The summed E-state index contributed by atoms with van der Waals surface area (Å²) >= 11 is 0. The van der Waals surface area contributed by atoms with Crippen LogP contribution in [0.5, 0.6) is 0 Å². The van der Waals surface area contributed by atoms with E-state index in [4.69, 9.17) is 10.5 Å². The second-order valence-electron chi connectivity index (χ2n) is 8.50. The highest BCUT2D eigenvalue weighted by Gasteiger charge is 2.43. The Morgan fingerprint density at radius 3 is 2.57 bits per heavy atom. The molecule has 1 unspecified atom stereocenters. The first kappa shape index (κ1) is 20.5. The topological polar surface area (TPSA) is 85.5 Å². The Bertz CT molecular complexity index is 876. The molecule has 2 aromatic rings. The Labute approximate surface area is 177 Å². The van der Waals surface area contributed by atoms with Crippen molar-refractivity contribution in [3.05, 3.63) is 54.4 Å². The minimum Gasteiger partial charge on any atom is -0.381 e. The molecule has 0 radical (unpaired) electrons. The summed E-state index contributed by atoms with van der Waals surface area (Å²) in [7, 11) is 0. The van der Waals surface area contributed by atoms with Crippen LogP contribution < -0.4 is 5.73 Å². The molecule has 2 aliphatic rings. The number of ether oxygens (including phenoxy) is 1. The maximum Gasteiger partial charge on any atom is 0.229 e. The average molecular weight is 408 g/mol. The number of primary amides is 1. The number of amides is 2. The molecule has 4 rings (SSSR count). The second kappa shape index (κ2) is 8.96. The number of carbonyl (C=O) groups is 2. The van der Waals surface area contributed by atoms with Crippen LogP contribution in [0.2, 0.25) is 0 Å². The number of hydrogen-bond acceptors (Lipinski definition) is 4. The third-order valence-electron chi connectivity index (χ3n) is 6.51. The van der Waals surface area contributed by atoms with Crippen LogP contribution in [0, 0.1) is 11.3 Å². The number of nitrogens with two attached hydrogens (primary N) is 1. The summed E-state index contributed by atoms with van der Waals surface area (Å²) in [6.45, 7) is 2.32. The van der Waals surface area contributed by atoms with Gasteiger partial charge in [0.05, 0.1) is 11.3 Å². The molecule has 6 heteroatoms. The highest BCUT2D eigenvalue weighted by atomic mass is 16.5. The SMILES string of the molecule is NC(=O)C1CCCN(C(=O)C2(Cc3ccc(-c4cccnc4)cc3)CCOCC2)C1. The Morgan fingerprint density at radius 2 is 1.90 bits per heavy atom. The van der Waals surface area contributed by atoms with E-state index in [1.54, 1.807) is 6.20 Å². The highest BCUT2D eigenvalue weighted by Crippen LogP contribution is 2.38. The molecular weight excluding hydrogens is 378 g/mol. The van der Waals surface area contributed by atoms with Gasteiger partial charge in [0.2, 0.25) is 11.8 Å². The van der Waals surface area contributed by atoms with Gasteiger partial charge in [0.15, 0.2) is 0 Å². The maximum absolute atomic E-state index is 13.6. The molecule has 0 bridgehead atoms. The summed E-state index contributed by atoms with van der Waals surface area (Å²) in [5.74, 6) is -0.397. The van der Waals surface area contributed by atoms with Crippen molar-refractivity contribution in [2.75, 3.05) is 26.3 Å². The van der Waals surface area contributed by atoms with Gasteiger partial charge in [-0.3, -0.25) is 14.6 Å². The lowest BCUT2D eigenvalue weighted by atomic mass is 9.73. The Balaban J connectivity index is 1.53. The number of nitrogens with zero attached hydrogens (tertiary/aromatic N) is 2. The van der Waals surface area contributed by atoms with Gasteiger partial charge >= 0.3 is 0 Å². The van der Waals surface area contributed by atoms with Crippen molar-refractivity contribution in [2.24, 2.45) is 17.1 Å². The number of aromatic nitrogens is 1. The number of pyridine rings is 1. The number of piperidine rings is 1. The van der Waals surface area contributed by atoms with Gasteiger partial charge in [0.1, 0.15) is 0 Å². The number of carbonyl (C=O) groups excluding carboxylic acids is 2. The zero-order valence-corrected chi connectivity index (χ0v) is 17.3. The van der Waals surface area contributed by atoms with Crippen LogP contribution in [0.3, 0.4) is 0 Å². The largest absolute Gasteiger partial charge is 0.381 e. The van der Waals surface area contributed by atoms with Crippen LogP contribution in [-0.4, -0.2) is 48.0 Å². The molecule has 0 spiro atoms. The summed E-state index contributed by atoms with van der Waals surface area (Å²) in [6, 6.07) is 12.4. The van der Waals surface area contributed by atoms with E-state index in [0.717, 1.165) is 29.5 Å². The summed E-state index contributed by atoms with van der Waals surface area (Å²) in [5, 5.41) is 0. The molecule has 0 aliphatic carbocycles. The minimum atomic E-state index is -0.479. The van der Waals surface area contributed by atoms with Gasteiger partial charge in [-0.15, -0.1) is 0 Å². The van der Waals surface area contributed by atoms with Crippen molar-refractivity contribution in [1.29, 1.82) is 0 Å². The van der Waals surface area contributed by atoms with Crippen LogP contribution in [0.4, 0.5) is 0 Å². The second-order valence-corrected chi connectivity index (χ2v) is 8.50. The lowest BCUT2D eigenvalue weighted by Crippen LogP contribution is -2.52. The Morgan fingerprint density at radius 1 is 1.13 bits per heavy atom. The molecule has 1 aromatic heterocycles. The molecule has 2 saturated heterocycles. The van der Waals surface area contributed by atoms with Crippen molar-refractivity contribution >= 4 is 11.8 Å². The molecule has 6 nitrogen and oxygen atoms in total. The fraction of sp³-hybridized carbons (Fsp3) is 0.458. The number of likely N-dealkylation sites (tertiary alicyclic amines) is 1. The van der Waals surface area contributed by atoms with Crippen molar-refractivity contribution in [3.63, 3.8) is 0 Å². The van der Waals surface area contributed by atoms with E-state index in [1.807, 2.05) is 23.2 Å². The molecular formula is C24H29N3O3. The first-order valence-corrected chi connectivity index (χ1v) is 10.7. The summed E-state index contributed by atoms with van der Waals surface area (Å²) in [6.07, 6.45) is 7.30. The normalized spacial score (nSPS) is 21.2. The van der Waals surface area contributed by atoms with Crippen molar-refractivity contribution in [1.82, 2.24) is 9.88 Å². The Hall–Kier alpha value is -2.73. The van der Waals surface area contributed by atoms with E-state index in [-0.39, 0.29) is 17.7 Å². The average Bonchev–Trinajstić information content (AvgIpc) is 2.80. The standard InChI is InChI=1S/C24H29N3O3/c25-22(28)21-4-2-12-27(17-21)23(29)24(9-13-30-14-10-24)15-18-5-7-19(8-6-18)20-3-1-11-26-16-20/h1,3,5-8,11,16,21H,2,4,9-10,12-15,17H2,(H2,25,28). The van der Waals surface area contributed by atoms with Gasteiger partial charge in [-0.25, -0.2) is 0 Å².